The molecule has 0 spiro atoms. The quantitative estimate of drug-likeness (QED) is 0.886. The third kappa shape index (κ3) is 4.12. The number of carbonyl (C=O) groups is 2. The number of nitrogens with one attached hydrogen (secondary N) is 1. The number of rotatable bonds is 5. The first-order valence-electron chi connectivity index (χ1n) is 8.95. The van der Waals surface area contributed by atoms with Gasteiger partial charge in [-0.05, 0) is 18.8 Å². The highest BCUT2D eigenvalue weighted by molar-refractivity contribution is 7.15. The molecule has 1 atom stereocenters. The number of likely N-dealkylation sites (tertiary alicyclic amines) is 1. The Kier molecular flexibility index (Phi) is 5.48. The van der Waals surface area contributed by atoms with Gasteiger partial charge in [0.2, 0.25) is 16.9 Å². The molecule has 0 radical (unpaired) electrons. The van der Waals surface area contributed by atoms with Crippen molar-refractivity contribution >= 4 is 28.3 Å². The van der Waals surface area contributed by atoms with Gasteiger partial charge in [0.05, 0.1) is 5.92 Å². The summed E-state index contributed by atoms with van der Waals surface area (Å²) in [5, 5.41) is 12.5. The lowest BCUT2D eigenvalue weighted by Gasteiger charge is -2.31. The second-order valence-corrected chi connectivity index (χ2v) is 8.39. The van der Waals surface area contributed by atoms with E-state index in [2.05, 4.69) is 29.4 Å². The molecule has 1 aromatic rings. The molecule has 0 bridgehead atoms. The molecule has 3 rings (SSSR count). The van der Waals surface area contributed by atoms with Gasteiger partial charge in [-0.1, -0.05) is 44.4 Å². The smallest absolute Gasteiger partial charge is 0.231 e. The molecule has 0 aromatic carbocycles. The van der Waals surface area contributed by atoms with E-state index in [-0.39, 0.29) is 17.7 Å². The fourth-order valence-corrected chi connectivity index (χ4v) is 4.55. The fourth-order valence-electron chi connectivity index (χ4n) is 3.60. The first-order chi connectivity index (χ1) is 11.5. The van der Waals surface area contributed by atoms with Gasteiger partial charge in [0.1, 0.15) is 5.01 Å². The van der Waals surface area contributed by atoms with Gasteiger partial charge in [-0.25, -0.2) is 0 Å². The van der Waals surface area contributed by atoms with Crippen LogP contribution in [-0.2, 0) is 16.0 Å². The minimum Gasteiger partial charge on any atom is -0.339 e. The molecule has 2 aliphatic rings. The predicted molar refractivity (Wildman–Crippen MR) is 93.8 cm³/mol. The predicted octanol–water partition coefficient (Wildman–Crippen LogP) is 2.86. The molecule has 132 valence electrons. The number of nitrogens with zero attached hydrogens (tertiary/aromatic N) is 3. The van der Waals surface area contributed by atoms with Gasteiger partial charge in [0.25, 0.3) is 0 Å². The molecule has 24 heavy (non-hydrogen) atoms. The average molecular weight is 350 g/mol. The third-order valence-electron chi connectivity index (χ3n) is 4.82. The number of amides is 2. The van der Waals surface area contributed by atoms with Crippen molar-refractivity contribution in [2.24, 2.45) is 11.8 Å². The minimum absolute atomic E-state index is 0.103. The maximum absolute atomic E-state index is 12.5. The third-order valence-corrected chi connectivity index (χ3v) is 5.69. The van der Waals surface area contributed by atoms with E-state index in [1.165, 1.54) is 30.6 Å². The summed E-state index contributed by atoms with van der Waals surface area (Å²) in [5.41, 5.74) is 0. The Hall–Kier alpha value is -1.50. The van der Waals surface area contributed by atoms with Crippen LogP contribution in [0.1, 0.15) is 57.4 Å². The topological polar surface area (TPSA) is 75.2 Å². The molecule has 6 nitrogen and oxygen atoms in total. The second-order valence-electron chi connectivity index (χ2n) is 7.33. The molecule has 1 aliphatic carbocycles. The first-order valence-corrected chi connectivity index (χ1v) is 9.77. The van der Waals surface area contributed by atoms with Crippen LogP contribution in [0.4, 0.5) is 5.13 Å². The van der Waals surface area contributed by atoms with E-state index in [1.54, 1.807) is 0 Å². The number of hydrogen-bond donors (Lipinski definition) is 1. The zero-order chi connectivity index (χ0) is 17.1. The van der Waals surface area contributed by atoms with Crippen LogP contribution in [0, 0.1) is 11.8 Å². The standard InChI is InChI=1S/C17H26N4O2S/c1-11(2)8-14-19-20-17(24-14)18-16(23)12-9-15(22)21(10-12)13-6-4-3-5-7-13/h11-13H,3-10H2,1-2H3,(H,18,20,23)/t12-/m0/s1. The molecule has 0 unspecified atom stereocenters. The van der Waals surface area contributed by atoms with Crippen LogP contribution in [-0.4, -0.2) is 39.5 Å². The Balaban J connectivity index is 1.55. The molecule has 1 saturated carbocycles. The van der Waals surface area contributed by atoms with Crippen molar-refractivity contribution in [2.75, 3.05) is 11.9 Å². The SMILES string of the molecule is CC(C)Cc1nnc(NC(=O)[C@H]2CC(=O)N(C3CCCCC3)C2)s1. The molecule has 2 fully saturated rings. The van der Waals surface area contributed by atoms with Crippen LogP contribution >= 0.6 is 11.3 Å². The number of aromatic nitrogens is 2. The van der Waals surface area contributed by atoms with Crippen LogP contribution in [0.3, 0.4) is 0 Å². The molecule has 1 N–H and O–H groups in total. The summed E-state index contributed by atoms with van der Waals surface area (Å²) in [6.07, 6.45) is 6.98. The van der Waals surface area contributed by atoms with Gasteiger partial charge in [0, 0.05) is 25.4 Å². The van der Waals surface area contributed by atoms with Crippen molar-refractivity contribution in [3.05, 3.63) is 5.01 Å². The van der Waals surface area contributed by atoms with Gasteiger partial charge in [-0.3, -0.25) is 9.59 Å². The van der Waals surface area contributed by atoms with Crippen LogP contribution in [0.25, 0.3) is 0 Å². The van der Waals surface area contributed by atoms with Crippen LogP contribution in [0.15, 0.2) is 0 Å². The maximum Gasteiger partial charge on any atom is 0.231 e. The lowest BCUT2D eigenvalue weighted by Crippen LogP contribution is -2.38. The minimum atomic E-state index is -0.267. The second kappa shape index (κ2) is 7.59. The van der Waals surface area contributed by atoms with E-state index in [0.29, 0.717) is 30.1 Å². The highest BCUT2D eigenvalue weighted by Gasteiger charge is 2.38. The van der Waals surface area contributed by atoms with E-state index < -0.39 is 0 Å². The Labute approximate surface area is 147 Å². The molecular formula is C17H26N4O2S. The number of anilines is 1. The molecule has 1 aromatic heterocycles. The molecule has 2 heterocycles. The summed E-state index contributed by atoms with van der Waals surface area (Å²) < 4.78 is 0. The van der Waals surface area contributed by atoms with E-state index >= 15 is 0 Å². The van der Waals surface area contributed by atoms with E-state index in [4.69, 9.17) is 0 Å². The summed E-state index contributed by atoms with van der Waals surface area (Å²) >= 11 is 1.43. The molecule has 2 amide bonds. The zero-order valence-electron chi connectivity index (χ0n) is 14.5. The van der Waals surface area contributed by atoms with E-state index in [1.807, 2.05) is 4.90 Å². The lowest BCUT2D eigenvalue weighted by molar-refractivity contribution is -0.130. The highest BCUT2D eigenvalue weighted by atomic mass is 32.1. The van der Waals surface area contributed by atoms with Crippen molar-refractivity contribution in [1.29, 1.82) is 0 Å². The molecular weight excluding hydrogens is 324 g/mol. The Morgan fingerprint density at radius 1 is 1.29 bits per heavy atom. The van der Waals surface area contributed by atoms with Gasteiger partial charge >= 0.3 is 0 Å². The number of carbonyl (C=O) groups excluding carboxylic acids is 2. The van der Waals surface area contributed by atoms with Gasteiger partial charge in [-0.15, -0.1) is 10.2 Å². The van der Waals surface area contributed by atoms with E-state index in [0.717, 1.165) is 24.3 Å². The summed E-state index contributed by atoms with van der Waals surface area (Å²) in [5.74, 6) is 0.267. The molecule has 1 saturated heterocycles. The summed E-state index contributed by atoms with van der Waals surface area (Å²) in [6.45, 7) is 4.81. The molecule has 1 aliphatic heterocycles. The van der Waals surface area contributed by atoms with Crippen LogP contribution in [0.2, 0.25) is 0 Å². The van der Waals surface area contributed by atoms with E-state index in [9.17, 15) is 9.59 Å². The summed E-state index contributed by atoms with van der Waals surface area (Å²) in [7, 11) is 0. The first kappa shape index (κ1) is 17.3. The summed E-state index contributed by atoms with van der Waals surface area (Å²) in [6, 6.07) is 0.336. The largest absolute Gasteiger partial charge is 0.339 e. The lowest BCUT2D eigenvalue weighted by atomic mass is 9.94. The van der Waals surface area contributed by atoms with Crippen molar-refractivity contribution in [2.45, 2.75) is 64.8 Å². The Bertz CT molecular complexity index is 595. The normalized spacial score (nSPS) is 22.4. The highest BCUT2D eigenvalue weighted by Crippen LogP contribution is 2.29. The van der Waals surface area contributed by atoms with Gasteiger partial charge < -0.3 is 10.2 Å². The van der Waals surface area contributed by atoms with Crippen LogP contribution < -0.4 is 5.32 Å². The maximum atomic E-state index is 12.5. The van der Waals surface area contributed by atoms with Gasteiger partial charge in [0.15, 0.2) is 0 Å². The van der Waals surface area contributed by atoms with Crippen molar-refractivity contribution in [1.82, 2.24) is 15.1 Å². The van der Waals surface area contributed by atoms with Gasteiger partial charge in [-0.2, -0.15) is 0 Å². The fraction of sp³-hybridized carbons (Fsp3) is 0.765. The van der Waals surface area contributed by atoms with Crippen molar-refractivity contribution in [3.8, 4) is 0 Å². The monoisotopic (exact) mass is 350 g/mol. The summed E-state index contributed by atoms with van der Waals surface area (Å²) in [4.78, 5) is 26.7. The Morgan fingerprint density at radius 2 is 2.04 bits per heavy atom. The van der Waals surface area contributed by atoms with Crippen molar-refractivity contribution < 1.29 is 9.59 Å². The average Bonchev–Trinajstić information content (AvgIpc) is 3.14. The number of hydrogen-bond acceptors (Lipinski definition) is 5. The zero-order valence-corrected chi connectivity index (χ0v) is 15.3. The molecule has 7 heteroatoms. The Morgan fingerprint density at radius 3 is 2.75 bits per heavy atom. The van der Waals surface area contributed by atoms with Crippen molar-refractivity contribution in [3.63, 3.8) is 0 Å². The van der Waals surface area contributed by atoms with Crippen LogP contribution in [0.5, 0.6) is 0 Å².